The molecule has 1 aliphatic carbocycles. The number of hydrogen-bond acceptors (Lipinski definition) is 2. The Bertz CT molecular complexity index is 491. The SMILES string of the molecule is Cc1c(N)cc(Br)cc1C(=O)C1=CCCCC1. The molecule has 2 N–H and O–H groups in total. The van der Waals surface area contributed by atoms with E-state index in [1.54, 1.807) is 0 Å². The minimum atomic E-state index is 0.134. The number of anilines is 1. The molecule has 0 aromatic heterocycles. The number of nitrogens with two attached hydrogens (primary N) is 1. The highest BCUT2D eigenvalue weighted by Crippen LogP contribution is 2.27. The summed E-state index contributed by atoms with van der Waals surface area (Å²) in [5.41, 5.74) is 9.10. The predicted octanol–water partition coefficient (Wildman–Crippen LogP) is 4.02. The van der Waals surface area contributed by atoms with Crippen molar-refractivity contribution < 1.29 is 4.79 Å². The van der Waals surface area contributed by atoms with E-state index >= 15 is 0 Å². The highest BCUT2D eigenvalue weighted by molar-refractivity contribution is 9.10. The van der Waals surface area contributed by atoms with Crippen molar-refractivity contribution in [3.63, 3.8) is 0 Å². The minimum Gasteiger partial charge on any atom is -0.398 e. The number of ketones is 1. The second kappa shape index (κ2) is 5.05. The highest BCUT2D eigenvalue weighted by atomic mass is 79.9. The molecule has 2 rings (SSSR count). The minimum absolute atomic E-state index is 0.134. The molecule has 0 saturated heterocycles. The third kappa shape index (κ3) is 2.60. The molecule has 1 aromatic carbocycles. The fourth-order valence-electron chi connectivity index (χ4n) is 2.15. The molecule has 0 bridgehead atoms. The van der Waals surface area contributed by atoms with Crippen molar-refractivity contribution in [3.05, 3.63) is 39.4 Å². The van der Waals surface area contributed by atoms with E-state index in [1.165, 1.54) is 6.42 Å². The van der Waals surface area contributed by atoms with Crippen molar-refractivity contribution in [1.29, 1.82) is 0 Å². The molecule has 0 amide bonds. The molecule has 90 valence electrons. The topological polar surface area (TPSA) is 43.1 Å². The van der Waals surface area contributed by atoms with Crippen LogP contribution in [0.2, 0.25) is 0 Å². The molecule has 3 heteroatoms. The van der Waals surface area contributed by atoms with Crippen molar-refractivity contribution in [3.8, 4) is 0 Å². The van der Waals surface area contributed by atoms with Crippen LogP contribution >= 0.6 is 15.9 Å². The van der Waals surface area contributed by atoms with Gasteiger partial charge < -0.3 is 5.73 Å². The number of Topliss-reactive ketones (excluding diaryl/α,β-unsaturated/α-hetero) is 1. The second-order valence-electron chi connectivity index (χ2n) is 4.47. The number of halogens is 1. The van der Waals surface area contributed by atoms with Crippen LogP contribution in [0.5, 0.6) is 0 Å². The molecule has 0 fully saturated rings. The first-order valence-electron chi connectivity index (χ1n) is 5.89. The first kappa shape index (κ1) is 12.4. The van der Waals surface area contributed by atoms with Gasteiger partial charge in [-0.3, -0.25) is 4.79 Å². The molecule has 1 aromatic rings. The van der Waals surface area contributed by atoms with E-state index in [0.29, 0.717) is 5.69 Å². The van der Waals surface area contributed by atoms with Gasteiger partial charge in [0.05, 0.1) is 0 Å². The van der Waals surface area contributed by atoms with E-state index in [0.717, 1.165) is 40.4 Å². The molecule has 0 unspecified atom stereocenters. The summed E-state index contributed by atoms with van der Waals surface area (Å²) in [6, 6.07) is 3.70. The monoisotopic (exact) mass is 293 g/mol. The number of carbonyl (C=O) groups excluding carboxylic acids is 1. The third-order valence-electron chi connectivity index (χ3n) is 3.24. The molecule has 17 heavy (non-hydrogen) atoms. The summed E-state index contributed by atoms with van der Waals surface area (Å²) in [7, 11) is 0. The molecule has 0 aliphatic heterocycles. The lowest BCUT2D eigenvalue weighted by atomic mass is 9.91. The van der Waals surface area contributed by atoms with Crippen LogP contribution in [0, 0.1) is 6.92 Å². The summed E-state index contributed by atoms with van der Waals surface area (Å²) in [4.78, 5) is 12.4. The molecular formula is C14H16BrNO. The number of allylic oxidation sites excluding steroid dienone is 2. The summed E-state index contributed by atoms with van der Waals surface area (Å²) < 4.78 is 0.861. The highest BCUT2D eigenvalue weighted by Gasteiger charge is 2.17. The van der Waals surface area contributed by atoms with Crippen molar-refractivity contribution in [2.45, 2.75) is 32.6 Å². The van der Waals surface area contributed by atoms with Gasteiger partial charge in [-0.25, -0.2) is 0 Å². The van der Waals surface area contributed by atoms with Gasteiger partial charge in [0.1, 0.15) is 0 Å². The van der Waals surface area contributed by atoms with Gasteiger partial charge >= 0.3 is 0 Å². The van der Waals surface area contributed by atoms with Gasteiger partial charge in [-0.1, -0.05) is 22.0 Å². The molecule has 0 heterocycles. The van der Waals surface area contributed by atoms with Gasteiger partial charge in [0.15, 0.2) is 5.78 Å². The standard InChI is InChI=1S/C14H16BrNO/c1-9-12(7-11(15)8-13(9)16)14(17)10-5-3-2-4-6-10/h5,7-8H,2-4,6,16H2,1H3. The van der Waals surface area contributed by atoms with Crippen molar-refractivity contribution in [1.82, 2.24) is 0 Å². The average molecular weight is 294 g/mol. The Kier molecular flexibility index (Phi) is 3.67. The lowest BCUT2D eigenvalue weighted by Gasteiger charge is -2.14. The lowest BCUT2D eigenvalue weighted by Crippen LogP contribution is -2.09. The zero-order chi connectivity index (χ0) is 12.4. The van der Waals surface area contributed by atoms with Gasteiger partial charge in [-0.15, -0.1) is 0 Å². The summed E-state index contributed by atoms with van der Waals surface area (Å²) in [5.74, 6) is 0.134. The largest absolute Gasteiger partial charge is 0.398 e. The van der Waals surface area contributed by atoms with Crippen LogP contribution in [-0.2, 0) is 0 Å². The summed E-state index contributed by atoms with van der Waals surface area (Å²) in [6.45, 7) is 1.90. The first-order chi connectivity index (χ1) is 8.09. The average Bonchev–Trinajstić information content (AvgIpc) is 2.34. The number of nitrogen functional groups attached to an aromatic ring is 1. The number of hydrogen-bond donors (Lipinski definition) is 1. The molecule has 0 spiro atoms. The molecular weight excluding hydrogens is 278 g/mol. The van der Waals surface area contributed by atoms with E-state index in [9.17, 15) is 4.79 Å². The zero-order valence-corrected chi connectivity index (χ0v) is 11.5. The van der Waals surface area contributed by atoms with Crippen molar-refractivity contribution in [2.24, 2.45) is 0 Å². The van der Waals surface area contributed by atoms with Gasteiger partial charge in [0.25, 0.3) is 0 Å². The maximum Gasteiger partial charge on any atom is 0.189 e. The smallest absolute Gasteiger partial charge is 0.189 e. The van der Waals surface area contributed by atoms with Gasteiger partial charge in [0.2, 0.25) is 0 Å². The van der Waals surface area contributed by atoms with Crippen LogP contribution < -0.4 is 5.73 Å². The molecule has 0 saturated carbocycles. The third-order valence-corrected chi connectivity index (χ3v) is 3.70. The fourth-order valence-corrected chi connectivity index (χ4v) is 2.63. The van der Waals surface area contributed by atoms with Crippen molar-refractivity contribution >= 4 is 27.4 Å². The number of rotatable bonds is 2. The quantitative estimate of drug-likeness (QED) is 0.661. The predicted molar refractivity (Wildman–Crippen MR) is 74.2 cm³/mol. The Morgan fingerprint density at radius 2 is 2.12 bits per heavy atom. The summed E-state index contributed by atoms with van der Waals surface area (Å²) in [6.07, 6.45) is 6.28. The van der Waals surface area contributed by atoms with Crippen LogP contribution in [-0.4, -0.2) is 5.78 Å². The Balaban J connectivity index is 2.40. The molecule has 2 nitrogen and oxygen atoms in total. The van der Waals surface area contributed by atoms with E-state index in [2.05, 4.69) is 22.0 Å². The molecule has 0 atom stereocenters. The maximum absolute atomic E-state index is 12.4. The Morgan fingerprint density at radius 1 is 1.35 bits per heavy atom. The molecule has 1 aliphatic rings. The Labute approximate surface area is 110 Å². The van der Waals surface area contributed by atoms with Crippen LogP contribution in [0.15, 0.2) is 28.3 Å². The Morgan fingerprint density at radius 3 is 2.76 bits per heavy atom. The van der Waals surface area contributed by atoms with E-state index in [4.69, 9.17) is 5.73 Å². The molecule has 0 radical (unpaired) electrons. The fraction of sp³-hybridized carbons (Fsp3) is 0.357. The van der Waals surface area contributed by atoms with Crippen LogP contribution in [0.1, 0.15) is 41.6 Å². The lowest BCUT2D eigenvalue weighted by molar-refractivity contribution is 0.102. The van der Waals surface area contributed by atoms with E-state index in [1.807, 2.05) is 19.1 Å². The summed E-state index contributed by atoms with van der Waals surface area (Å²) >= 11 is 3.39. The van der Waals surface area contributed by atoms with Gasteiger partial charge in [0, 0.05) is 15.7 Å². The normalized spacial score (nSPS) is 15.5. The van der Waals surface area contributed by atoms with E-state index < -0.39 is 0 Å². The van der Waals surface area contributed by atoms with Crippen molar-refractivity contribution in [2.75, 3.05) is 5.73 Å². The first-order valence-corrected chi connectivity index (χ1v) is 6.68. The number of benzene rings is 1. The zero-order valence-electron chi connectivity index (χ0n) is 9.92. The summed E-state index contributed by atoms with van der Waals surface area (Å²) in [5, 5.41) is 0. The van der Waals surface area contributed by atoms with Crippen LogP contribution in [0.25, 0.3) is 0 Å². The van der Waals surface area contributed by atoms with Crippen LogP contribution in [0.3, 0.4) is 0 Å². The van der Waals surface area contributed by atoms with Gasteiger partial charge in [-0.2, -0.15) is 0 Å². The maximum atomic E-state index is 12.4. The Hall–Kier alpha value is -1.09. The van der Waals surface area contributed by atoms with Crippen LogP contribution in [0.4, 0.5) is 5.69 Å². The van der Waals surface area contributed by atoms with E-state index in [-0.39, 0.29) is 5.78 Å². The number of carbonyl (C=O) groups is 1. The van der Waals surface area contributed by atoms with Gasteiger partial charge in [-0.05, 0) is 55.9 Å². The second-order valence-corrected chi connectivity index (χ2v) is 5.39.